The molecule has 0 spiro atoms. The van der Waals surface area contributed by atoms with Crippen LogP contribution in [0.1, 0.15) is 112 Å². The molecule has 0 aromatic heterocycles. The Morgan fingerprint density at radius 1 is 1.03 bits per heavy atom. The van der Waals surface area contributed by atoms with E-state index in [0.717, 1.165) is 42.0 Å². The summed E-state index contributed by atoms with van der Waals surface area (Å²) in [6, 6.07) is 14.2. The summed E-state index contributed by atoms with van der Waals surface area (Å²) in [5, 5.41) is 12.5. The Balaban J connectivity index is 1.41. The maximum absolute atomic E-state index is 13.5. The first-order chi connectivity index (χ1) is 18.9. The van der Waals surface area contributed by atoms with E-state index in [9.17, 15) is 14.7 Å². The van der Waals surface area contributed by atoms with Gasteiger partial charge in [0.05, 0.1) is 0 Å². The van der Waals surface area contributed by atoms with E-state index in [1.807, 2.05) is 25.1 Å². The van der Waals surface area contributed by atoms with Gasteiger partial charge in [0.1, 0.15) is 6.04 Å². The average molecular weight is 531 g/mol. The molecule has 0 bridgehead atoms. The second-order valence-corrected chi connectivity index (χ2v) is 12.5. The zero-order chi connectivity index (χ0) is 27.4. The van der Waals surface area contributed by atoms with Crippen LogP contribution in [0, 0.1) is 12.8 Å². The van der Waals surface area contributed by atoms with Crippen LogP contribution in [-0.2, 0) is 11.3 Å². The number of unbranched alkanes of at least 4 members (excludes halogenated alkanes) is 1. The lowest BCUT2D eigenvalue weighted by atomic mass is 9.83. The van der Waals surface area contributed by atoms with Crippen molar-refractivity contribution in [2.45, 2.75) is 121 Å². The molecule has 0 saturated heterocycles. The van der Waals surface area contributed by atoms with Crippen LogP contribution in [0.2, 0.25) is 0 Å². The summed E-state index contributed by atoms with van der Waals surface area (Å²) in [5.74, 6) is -0.400. The van der Waals surface area contributed by atoms with E-state index in [4.69, 9.17) is 0 Å². The Kier molecular flexibility index (Phi) is 8.76. The van der Waals surface area contributed by atoms with Gasteiger partial charge in [-0.25, -0.2) is 4.79 Å². The number of hydrogen-bond acceptors (Lipinski definition) is 3. The molecule has 5 heteroatoms. The predicted octanol–water partition coefficient (Wildman–Crippen LogP) is 7.50. The Bertz CT molecular complexity index is 1160. The van der Waals surface area contributed by atoms with Crippen molar-refractivity contribution in [3.8, 4) is 11.1 Å². The molecule has 210 valence electrons. The van der Waals surface area contributed by atoms with Crippen LogP contribution < -0.4 is 5.32 Å². The largest absolute Gasteiger partial charge is 0.480 e. The molecule has 3 aliphatic carbocycles. The average Bonchev–Trinajstić information content (AvgIpc) is 3.87. The molecule has 2 aromatic rings. The van der Waals surface area contributed by atoms with Crippen LogP contribution in [-0.4, -0.2) is 39.5 Å². The van der Waals surface area contributed by atoms with Crippen molar-refractivity contribution in [1.82, 2.24) is 10.2 Å². The zero-order valence-electron chi connectivity index (χ0n) is 23.9. The summed E-state index contributed by atoms with van der Waals surface area (Å²) in [4.78, 5) is 28.2. The highest BCUT2D eigenvalue weighted by atomic mass is 16.4. The molecular formula is C34H46N2O3. The number of rotatable bonds is 13. The van der Waals surface area contributed by atoms with E-state index in [1.165, 1.54) is 69.8 Å². The molecule has 5 rings (SSSR count). The van der Waals surface area contributed by atoms with Crippen molar-refractivity contribution in [1.29, 1.82) is 0 Å². The number of carbonyl (C=O) groups excluding carboxylic acids is 1. The van der Waals surface area contributed by atoms with Gasteiger partial charge in [0.2, 0.25) is 0 Å². The predicted molar refractivity (Wildman–Crippen MR) is 157 cm³/mol. The Hall–Kier alpha value is -2.66. The van der Waals surface area contributed by atoms with Crippen LogP contribution in [0.3, 0.4) is 0 Å². The lowest BCUT2D eigenvalue weighted by Gasteiger charge is -2.36. The quantitative estimate of drug-likeness (QED) is 0.281. The highest BCUT2D eigenvalue weighted by molar-refractivity contribution is 6.02. The SMILES string of the molecule is CCCC[C@H](NC(=O)c1ccc(CN(C2CC2)C2(CC3CCCCC3)CC2)cc1-c1ccccc1C)C(=O)O. The lowest BCUT2D eigenvalue weighted by Crippen LogP contribution is -2.41. The van der Waals surface area contributed by atoms with Gasteiger partial charge in [-0.3, -0.25) is 9.69 Å². The normalized spacial score (nSPS) is 19.6. The standard InChI is InChI=1S/C34H46N2O3/c1-3-4-14-31(33(38)39)35-32(37)29-18-15-26(21-30(29)28-13-9-8-10-24(28)2)23-36(27-16-17-27)34(19-20-34)22-25-11-6-5-7-12-25/h8-10,13,15,18,21,25,27,31H,3-7,11-12,14,16-17,19-20,22-23H2,1-2H3,(H,35,37)(H,38,39)/t31-/m0/s1. The van der Waals surface area contributed by atoms with E-state index in [2.05, 4.69) is 41.4 Å². The molecule has 0 heterocycles. The Labute approximate surface area is 234 Å². The van der Waals surface area contributed by atoms with Crippen LogP contribution in [0.4, 0.5) is 0 Å². The minimum absolute atomic E-state index is 0.307. The number of carboxylic acid groups (broad SMARTS) is 1. The summed E-state index contributed by atoms with van der Waals surface area (Å²) in [5.41, 5.74) is 5.21. The molecule has 1 atom stereocenters. The Morgan fingerprint density at radius 2 is 1.77 bits per heavy atom. The third-order valence-corrected chi connectivity index (χ3v) is 9.38. The Morgan fingerprint density at radius 3 is 2.41 bits per heavy atom. The van der Waals surface area contributed by atoms with Gasteiger partial charge in [-0.1, -0.05) is 82.2 Å². The fourth-order valence-corrected chi connectivity index (χ4v) is 6.84. The lowest BCUT2D eigenvalue weighted by molar-refractivity contribution is -0.139. The number of hydrogen-bond donors (Lipinski definition) is 2. The molecule has 3 saturated carbocycles. The molecule has 0 unspecified atom stereocenters. The van der Waals surface area contributed by atoms with Gasteiger partial charge in [-0.2, -0.15) is 0 Å². The number of aliphatic carboxylic acids is 1. The minimum atomic E-state index is -0.973. The maximum Gasteiger partial charge on any atom is 0.326 e. The smallest absolute Gasteiger partial charge is 0.326 e. The van der Waals surface area contributed by atoms with Gasteiger partial charge in [-0.15, -0.1) is 0 Å². The number of benzene rings is 2. The number of aryl methyl sites for hydroxylation is 1. The molecule has 39 heavy (non-hydrogen) atoms. The fraction of sp³-hybridized carbons (Fsp3) is 0.588. The molecule has 2 aromatic carbocycles. The number of carboxylic acids is 1. The molecule has 2 N–H and O–H groups in total. The van der Waals surface area contributed by atoms with Crippen molar-refractivity contribution in [2.24, 2.45) is 5.92 Å². The summed E-state index contributed by atoms with van der Waals surface area (Å²) in [6.45, 7) is 5.03. The summed E-state index contributed by atoms with van der Waals surface area (Å²) < 4.78 is 0. The number of amides is 1. The van der Waals surface area contributed by atoms with Crippen molar-refractivity contribution in [3.05, 3.63) is 59.2 Å². The summed E-state index contributed by atoms with van der Waals surface area (Å²) in [7, 11) is 0. The number of carbonyl (C=O) groups is 2. The summed E-state index contributed by atoms with van der Waals surface area (Å²) in [6.07, 6.45) is 15.7. The highest BCUT2D eigenvalue weighted by Gasteiger charge is 2.53. The van der Waals surface area contributed by atoms with Gasteiger partial charge >= 0.3 is 5.97 Å². The van der Waals surface area contributed by atoms with Gasteiger partial charge in [0, 0.05) is 23.7 Å². The van der Waals surface area contributed by atoms with Gasteiger partial charge < -0.3 is 10.4 Å². The topological polar surface area (TPSA) is 69.6 Å². The first-order valence-electron chi connectivity index (χ1n) is 15.4. The summed E-state index contributed by atoms with van der Waals surface area (Å²) >= 11 is 0. The molecule has 1 amide bonds. The van der Waals surface area contributed by atoms with Crippen molar-refractivity contribution < 1.29 is 14.7 Å². The highest BCUT2D eigenvalue weighted by Crippen LogP contribution is 2.53. The number of nitrogens with one attached hydrogen (secondary N) is 1. The van der Waals surface area contributed by atoms with E-state index < -0.39 is 12.0 Å². The van der Waals surface area contributed by atoms with Gasteiger partial charge in [-0.05, 0) is 85.8 Å². The molecule has 5 nitrogen and oxygen atoms in total. The van der Waals surface area contributed by atoms with Crippen LogP contribution in [0.15, 0.2) is 42.5 Å². The van der Waals surface area contributed by atoms with E-state index >= 15 is 0 Å². The molecule has 3 fully saturated rings. The molecule has 0 radical (unpaired) electrons. The zero-order valence-corrected chi connectivity index (χ0v) is 23.9. The van der Waals surface area contributed by atoms with E-state index in [-0.39, 0.29) is 5.91 Å². The van der Waals surface area contributed by atoms with Crippen molar-refractivity contribution in [2.75, 3.05) is 0 Å². The van der Waals surface area contributed by atoms with Gasteiger partial charge in [0.15, 0.2) is 0 Å². The van der Waals surface area contributed by atoms with Crippen LogP contribution in [0.5, 0.6) is 0 Å². The van der Waals surface area contributed by atoms with Crippen molar-refractivity contribution in [3.63, 3.8) is 0 Å². The van der Waals surface area contributed by atoms with E-state index in [0.29, 0.717) is 23.6 Å². The number of nitrogens with zero attached hydrogens (tertiary/aromatic N) is 1. The second kappa shape index (κ2) is 12.2. The second-order valence-electron chi connectivity index (χ2n) is 12.5. The van der Waals surface area contributed by atoms with Crippen LogP contribution >= 0.6 is 0 Å². The maximum atomic E-state index is 13.5. The molecule has 3 aliphatic rings. The minimum Gasteiger partial charge on any atom is -0.480 e. The van der Waals surface area contributed by atoms with Crippen LogP contribution in [0.25, 0.3) is 11.1 Å². The molecule has 0 aliphatic heterocycles. The third kappa shape index (κ3) is 6.74. The molecular weight excluding hydrogens is 484 g/mol. The van der Waals surface area contributed by atoms with E-state index in [1.54, 1.807) is 0 Å². The van der Waals surface area contributed by atoms with Crippen molar-refractivity contribution >= 4 is 11.9 Å². The monoisotopic (exact) mass is 530 g/mol. The van der Waals surface area contributed by atoms with Gasteiger partial charge in [0.25, 0.3) is 5.91 Å². The third-order valence-electron chi connectivity index (χ3n) is 9.38. The first kappa shape index (κ1) is 27.9. The first-order valence-corrected chi connectivity index (χ1v) is 15.4. The fourth-order valence-electron chi connectivity index (χ4n) is 6.84.